The highest BCUT2D eigenvalue weighted by Crippen LogP contribution is 2.34. The minimum Gasteiger partial charge on any atom is -0.497 e. The molecule has 0 aromatic rings. The standard InChI is InChI=1S/C10H16BNO6/c1-12-4-7(13)17-11(18-8(14)5-12)10(16)9(15)6-2-3-6/h6,9-10,15-16H,2-5H2,1H3. The van der Waals surface area contributed by atoms with Crippen LogP contribution in [-0.2, 0) is 18.9 Å². The largest absolute Gasteiger partial charge is 0.632 e. The third kappa shape index (κ3) is 3.21. The lowest BCUT2D eigenvalue weighted by Gasteiger charge is -2.26. The molecule has 0 aromatic heterocycles. The highest BCUT2D eigenvalue weighted by molar-refractivity contribution is 6.50. The van der Waals surface area contributed by atoms with Crippen LogP contribution >= 0.6 is 0 Å². The smallest absolute Gasteiger partial charge is 0.497 e. The molecule has 1 saturated heterocycles. The number of aliphatic hydroxyl groups is 2. The molecule has 1 aliphatic heterocycles. The molecule has 1 aliphatic carbocycles. The predicted molar refractivity (Wildman–Crippen MR) is 60.2 cm³/mol. The summed E-state index contributed by atoms with van der Waals surface area (Å²) in [5, 5.41) is 19.6. The summed E-state index contributed by atoms with van der Waals surface area (Å²) in [6.45, 7) is -0.115. The van der Waals surface area contributed by atoms with Gasteiger partial charge < -0.3 is 19.5 Å². The van der Waals surface area contributed by atoms with E-state index in [1.54, 1.807) is 7.05 Å². The summed E-state index contributed by atoms with van der Waals surface area (Å²) in [4.78, 5) is 24.3. The van der Waals surface area contributed by atoms with Crippen molar-refractivity contribution in [2.75, 3.05) is 20.1 Å². The van der Waals surface area contributed by atoms with Gasteiger partial charge >= 0.3 is 19.1 Å². The zero-order valence-corrected chi connectivity index (χ0v) is 10.1. The van der Waals surface area contributed by atoms with E-state index in [9.17, 15) is 19.8 Å². The maximum Gasteiger partial charge on any atom is 0.632 e. The van der Waals surface area contributed by atoms with E-state index in [-0.39, 0.29) is 19.0 Å². The molecule has 7 nitrogen and oxygen atoms in total. The summed E-state index contributed by atoms with van der Waals surface area (Å²) < 4.78 is 9.72. The zero-order valence-electron chi connectivity index (χ0n) is 10.1. The first-order chi connectivity index (χ1) is 8.47. The van der Waals surface area contributed by atoms with Gasteiger partial charge in [0.2, 0.25) is 0 Å². The first kappa shape index (κ1) is 13.3. The summed E-state index contributed by atoms with van der Waals surface area (Å²) in [6.07, 6.45) is 0.596. The highest BCUT2D eigenvalue weighted by atomic mass is 16.6. The molecule has 8 heteroatoms. The van der Waals surface area contributed by atoms with Gasteiger partial charge in [-0.05, 0) is 25.8 Å². The maximum atomic E-state index is 11.4. The maximum absolute atomic E-state index is 11.4. The van der Waals surface area contributed by atoms with E-state index in [1.807, 2.05) is 0 Å². The van der Waals surface area contributed by atoms with Crippen LogP contribution in [0.3, 0.4) is 0 Å². The topological polar surface area (TPSA) is 96.3 Å². The van der Waals surface area contributed by atoms with Crippen LogP contribution in [0.15, 0.2) is 0 Å². The van der Waals surface area contributed by atoms with Gasteiger partial charge in [-0.3, -0.25) is 14.5 Å². The van der Waals surface area contributed by atoms with Crippen molar-refractivity contribution in [2.45, 2.75) is 24.9 Å². The number of hydrogen-bond acceptors (Lipinski definition) is 7. The average molecular weight is 257 g/mol. The molecule has 0 amide bonds. The normalized spacial score (nSPS) is 25.8. The molecular weight excluding hydrogens is 241 g/mol. The lowest BCUT2D eigenvalue weighted by Crippen LogP contribution is -2.52. The summed E-state index contributed by atoms with van der Waals surface area (Å²) in [7, 11) is 0.160. The van der Waals surface area contributed by atoms with Crippen LogP contribution in [0.4, 0.5) is 0 Å². The van der Waals surface area contributed by atoms with Gasteiger partial charge in [-0.15, -0.1) is 0 Å². The molecule has 2 aliphatic rings. The van der Waals surface area contributed by atoms with E-state index in [2.05, 4.69) is 0 Å². The molecule has 0 bridgehead atoms. The summed E-state index contributed by atoms with van der Waals surface area (Å²) in [5.74, 6) is -1.21. The van der Waals surface area contributed by atoms with Crippen molar-refractivity contribution in [3.05, 3.63) is 0 Å². The molecule has 1 heterocycles. The van der Waals surface area contributed by atoms with Gasteiger partial charge in [-0.25, -0.2) is 0 Å². The first-order valence-corrected chi connectivity index (χ1v) is 5.91. The molecule has 2 rings (SSSR count). The highest BCUT2D eigenvalue weighted by Gasteiger charge is 2.47. The number of carbonyl (C=O) groups is 2. The molecular formula is C10H16BNO6. The minimum absolute atomic E-state index is 0.00878. The molecule has 2 N–H and O–H groups in total. The monoisotopic (exact) mass is 257 g/mol. The van der Waals surface area contributed by atoms with Crippen LogP contribution in [0.1, 0.15) is 12.8 Å². The second kappa shape index (κ2) is 5.25. The quantitative estimate of drug-likeness (QED) is 0.574. The molecule has 2 fully saturated rings. The van der Waals surface area contributed by atoms with Crippen LogP contribution in [0.5, 0.6) is 0 Å². The number of rotatable bonds is 3. The van der Waals surface area contributed by atoms with E-state index < -0.39 is 31.2 Å². The Morgan fingerprint density at radius 3 is 2.17 bits per heavy atom. The van der Waals surface area contributed by atoms with Crippen LogP contribution in [0, 0.1) is 5.92 Å². The second-order valence-corrected chi connectivity index (χ2v) is 4.84. The Kier molecular flexibility index (Phi) is 3.89. The Labute approximate surface area is 105 Å². The van der Waals surface area contributed by atoms with Gasteiger partial charge in [-0.1, -0.05) is 0 Å². The van der Waals surface area contributed by atoms with Crippen LogP contribution < -0.4 is 0 Å². The number of nitrogens with zero attached hydrogens (tertiary/aromatic N) is 1. The SMILES string of the molecule is CN1CC(=O)OB(C(O)C(O)C2CC2)OC(=O)C1. The van der Waals surface area contributed by atoms with Crippen molar-refractivity contribution in [1.29, 1.82) is 0 Å². The van der Waals surface area contributed by atoms with E-state index in [0.29, 0.717) is 0 Å². The molecule has 100 valence electrons. The number of likely N-dealkylation sites (N-methyl/N-ethyl adjacent to an activating group) is 1. The van der Waals surface area contributed by atoms with Gasteiger partial charge in [0.05, 0.1) is 19.2 Å². The van der Waals surface area contributed by atoms with E-state index in [1.165, 1.54) is 4.90 Å². The molecule has 1 saturated carbocycles. The molecule has 18 heavy (non-hydrogen) atoms. The fraction of sp³-hybridized carbons (Fsp3) is 0.800. The molecule has 0 spiro atoms. The Hall–Kier alpha value is -1.12. The van der Waals surface area contributed by atoms with E-state index in [0.717, 1.165) is 12.8 Å². The Morgan fingerprint density at radius 1 is 1.22 bits per heavy atom. The number of carbonyl (C=O) groups excluding carboxylic acids is 2. The van der Waals surface area contributed by atoms with Crippen LogP contribution in [-0.4, -0.2) is 66.4 Å². The van der Waals surface area contributed by atoms with Crippen molar-refractivity contribution in [3.63, 3.8) is 0 Å². The fourth-order valence-corrected chi connectivity index (χ4v) is 1.87. The van der Waals surface area contributed by atoms with Crippen LogP contribution in [0.25, 0.3) is 0 Å². The van der Waals surface area contributed by atoms with Crippen molar-refractivity contribution >= 4 is 19.1 Å². The summed E-state index contributed by atoms with van der Waals surface area (Å²) in [5.41, 5.74) is 0. The lowest BCUT2D eigenvalue weighted by atomic mass is 9.76. The zero-order chi connectivity index (χ0) is 13.3. The lowest BCUT2D eigenvalue weighted by molar-refractivity contribution is -0.147. The Balaban J connectivity index is 2.00. The van der Waals surface area contributed by atoms with Gasteiger partial charge in [0.15, 0.2) is 0 Å². The van der Waals surface area contributed by atoms with Crippen molar-refractivity contribution in [3.8, 4) is 0 Å². The summed E-state index contributed by atoms with van der Waals surface area (Å²) >= 11 is 0. The number of aliphatic hydroxyl groups excluding tert-OH is 2. The van der Waals surface area contributed by atoms with E-state index >= 15 is 0 Å². The third-order valence-electron chi connectivity index (χ3n) is 3.03. The molecule has 0 radical (unpaired) electrons. The third-order valence-corrected chi connectivity index (χ3v) is 3.03. The van der Waals surface area contributed by atoms with Gasteiger partial charge in [-0.2, -0.15) is 0 Å². The second-order valence-electron chi connectivity index (χ2n) is 4.84. The molecule has 2 unspecified atom stereocenters. The van der Waals surface area contributed by atoms with E-state index in [4.69, 9.17) is 9.31 Å². The average Bonchev–Trinajstić information content (AvgIpc) is 3.07. The minimum atomic E-state index is -1.42. The molecule has 2 atom stereocenters. The predicted octanol–water partition coefficient (Wildman–Crippen LogP) is -1.82. The first-order valence-electron chi connectivity index (χ1n) is 5.91. The van der Waals surface area contributed by atoms with Gasteiger partial charge in [0.1, 0.15) is 6.00 Å². The molecule has 0 aromatic carbocycles. The number of hydrogen-bond donors (Lipinski definition) is 2. The van der Waals surface area contributed by atoms with Crippen LogP contribution in [0.2, 0.25) is 0 Å². The van der Waals surface area contributed by atoms with Gasteiger partial charge in [0.25, 0.3) is 0 Å². The van der Waals surface area contributed by atoms with Crippen molar-refractivity contribution < 1.29 is 29.1 Å². The van der Waals surface area contributed by atoms with Gasteiger partial charge in [0, 0.05) is 0 Å². The summed E-state index contributed by atoms with van der Waals surface area (Å²) in [6, 6.07) is -1.39. The Morgan fingerprint density at radius 2 is 1.72 bits per heavy atom. The Bertz CT molecular complexity index is 327. The van der Waals surface area contributed by atoms with Crippen molar-refractivity contribution in [2.24, 2.45) is 5.92 Å². The fourth-order valence-electron chi connectivity index (χ4n) is 1.87. The van der Waals surface area contributed by atoms with Crippen molar-refractivity contribution in [1.82, 2.24) is 4.90 Å².